The lowest BCUT2D eigenvalue weighted by molar-refractivity contribution is 0.0956. The Kier molecular flexibility index (Phi) is 2.86. The summed E-state index contributed by atoms with van der Waals surface area (Å²) in [4.78, 5) is 11.9. The Balaban J connectivity index is 2.65. The molecule has 17 heavy (non-hydrogen) atoms. The standard InChI is InChI=1S/C14H18O3/c1-14(2)6-5-11(15)9-7-12(16-3)13(17-4)8-10(9)14/h7-8H,5-6H2,1-4H3. The third-order valence-electron chi connectivity index (χ3n) is 3.53. The predicted molar refractivity (Wildman–Crippen MR) is 66.1 cm³/mol. The molecule has 0 aromatic heterocycles. The summed E-state index contributed by atoms with van der Waals surface area (Å²) in [6.07, 6.45) is 1.49. The highest BCUT2D eigenvalue weighted by atomic mass is 16.5. The van der Waals surface area contributed by atoms with Crippen LogP contribution >= 0.6 is 0 Å². The summed E-state index contributed by atoms with van der Waals surface area (Å²) in [6, 6.07) is 3.74. The van der Waals surface area contributed by atoms with Gasteiger partial charge in [0, 0.05) is 12.0 Å². The zero-order valence-corrected chi connectivity index (χ0v) is 10.8. The number of carbonyl (C=O) groups is 1. The zero-order valence-electron chi connectivity index (χ0n) is 10.8. The van der Waals surface area contributed by atoms with E-state index >= 15 is 0 Å². The molecular formula is C14H18O3. The minimum absolute atomic E-state index is 0.0167. The van der Waals surface area contributed by atoms with Crippen LogP contribution in [-0.4, -0.2) is 20.0 Å². The number of benzene rings is 1. The van der Waals surface area contributed by atoms with E-state index in [1.165, 1.54) is 0 Å². The first-order chi connectivity index (χ1) is 7.99. The molecule has 0 spiro atoms. The number of hydrogen-bond donors (Lipinski definition) is 0. The van der Waals surface area contributed by atoms with Crippen LogP contribution in [0.3, 0.4) is 0 Å². The molecule has 2 rings (SSSR count). The lowest BCUT2D eigenvalue weighted by Crippen LogP contribution is -2.27. The minimum atomic E-state index is 0.0167. The molecule has 1 aliphatic carbocycles. The largest absolute Gasteiger partial charge is 0.493 e. The van der Waals surface area contributed by atoms with Crippen LogP contribution in [-0.2, 0) is 5.41 Å². The maximum atomic E-state index is 11.9. The van der Waals surface area contributed by atoms with Crippen LogP contribution in [0.2, 0.25) is 0 Å². The zero-order chi connectivity index (χ0) is 12.6. The van der Waals surface area contributed by atoms with Crippen molar-refractivity contribution in [3.8, 4) is 11.5 Å². The number of ketones is 1. The second kappa shape index (κ2) is 4.06. The van der Waals surface area contributed by atoms with E-state index in [1.54, 1.807) is 20.3 Å². The average molecular weight is 234 g/mol. The molecule has 1 aromatic carbocycles. The van der Waals surface area contributed by atoms with Crippen LogP contribution in [0.15, 0.2) is 12.1 Å². The van der Waals surface area contributed by atoms with Crippen molar-refractivity contribution in [2.24, 2.45) is 0 Å². The first-order valence-corrected chi connectivity index (χ1v) is 5.79. The van der Waals surface area contributed by atoms with Crippen LogP contribution in [0.4, 0.5) is 0 Å². The Morgan fingerprint density at radius 1 is 1.12 bits per heavy atom. The van der Waals surface area contributed by atoms with Crippen LogP contribution in [0.5, 0.6) is 11.5 Å². The van der Waals surface area contributed by atoms with E-state index in [-0.39, 0.29) is 11.2 Å². The molecule has 0 aliphatic heterocycles. The summed E-state index contributed by atoms with van der Waals surface area (Å²) in [5.74, 6) is 1.51. The summed E-state index contributed by atoms with van der Waals surface area (Å²) in [5.41, 5.74) is 1.85. The normalized spacial score (nSPS) is 17.5. The summed E-state index contributed by atoms with van der Waals surface area (Å²) in [7, 11) is 3.20. The number of carbonyl (C=O) groups excluding carboxylic acids is 1. The highest BCUT2D eigenvalue weighted by Gasteiger charge is 2.33. The molecule has 0 bridgehead atoms. The SMILES string of the molecule is COc1cc2c(cc1OC)C(C)(C)CCC2=O. The first-order valence-electron chi connectivity index (χ1n) is 5.79. The van der Waals surface area contributed by atoms with Crippen molar-refractivity contribution in [3.05, 3.63) is 23.3 Å². The van der Waals surface area contributed by atoms with Gasteiger partial charge in [0.05, 0.1) is 14.2 Å². The Hall–Kier alpha value is -1.51. The molecule has 0 saturated heterocycles. The van der Waals surface area contributed by atoms with Gasteiger partial charge in [0.15, 0.2) is 17.3 Å². The molecule has 92 valence electrons. The average Bonchev–Trinajstić information content (AvgIpc) is 2.33. The van der Waals surface area contributed by atoms with Crippen LogP contribution in [0.25, 0.3) is 0 Å². The monoisotopic (exact) mass is 234 g/mol. The van der Waals surface area contributed by atoms with E-state index < -0.39 is 0 Å². The van der Waals surface area contributed by atoms with Gasteiger partial charge in [0.25, 0.3) is 0 Å². The summed E-state index contributed by atoms with van der Waals surface area (Å²) < 4.78 is 10.5. The number of fused-ring (bicyclic) bond motifs is 1. The molecule has 3 heteroatoms. The molecule has 1 aromatic rings. The van der Waals surface area contributed by atoms with Crippen LogP contribution < -0.4 is 9.47 Å². The van der Waals surface area contributed by atoms with Gasteiger partial charge in [-0.25, -0.2) is 0 Å². The number of methoxy groups -OCH3 is 2. The van der Waals surface area contributed by atoms with Crippen LogP contribution in [0, 0.1) is 0 Å². The fourth-order valence-corrected chi connectivity index (χ4v) is 2.36. The Bertz CT molecular complexity index is 461. The van der Waals surface area contributed by atoms with E-state index in [9.17, 15) is 4.79 Å². The van der Waals surface area contributed by atoms with Crippen molar-refractivity contribution in [3.63, 3.8) is 0 Å². The van der Waals surface area contributed by atoms with Crippen molar-refractivity contribution < 1.29 is 14.3 Å². The van der Waals surface area contributed by atoms with Gasteiger partial charge < -0.3 is 9.47 Å². The van der Waals surface area contributed by atoms with Crippen molar-refractivity contribution in [2.45, 2.75) is 32.1 Å². The van der Waals surface area contributed by atoms with Crippen molar-refractivity contribution in [1.29, 1.82) is 0 Å². The Labute approximate surface area is 102 Å². The van der Waals surface area contributed by atoms with Gasteiger partial charge in [-0.15, -0.1) is 0 Å². The van der Waals surface area contributed by atoms with E-state index in [1.807, 2.05) is 6.07 Å². The highest BCUT2D eigenvalue weighted by Crippen LogP contribution is 2.42. The van der Waals surface area contributed by atoms with Gasteiger partial charge in [0.1, 0.15) is 0 Å². The predicted octanol–water partition coefficient (Wildman–Crippen LogP) is 2.96. The van der Waals surface area contributed by atoms with Gasteiger partial charge in [-0.05, 0) is 29.5 Å². The van der Waals surface area contributed by atoms with E-state index in [0.717, 1.165) is 17.5 Å². The Morgan fingerprint density at radius 2 is 1.71 bits per heavy atom. The molecule has 0 heterocycles. The summed E-state index contributed by atoms with van der Waals surface area (Å²) in [6.45, 7) is 4.31. The Morgan fingerprint density at radius 3 is 2.29 bits per heavy atom. The summed E-state index contributed by atoms with van der Waals surface area (Å²) in [5, 5.41) is 0. The number of rotatable bonds is 2. The fourth-order valence-electron chi connectivity index (χ4n) is 2.36. The third-order valence-corrected chi connectivity index (χ3v) is 3.53. The molecule has 3 nitrogen and oxygen atoms in total. The minimum Gasteiger partial charge on any atom is -0.493 e. The van der Waals surface area contributed by atoms with Gasteiger partial charge in [-0.1, -0.05) is 13.8 Å². The lowest BCUT2D eigenvalue weighted by atomic mass is 9.72. The number of ether oxygens (including phenoxy) is 2. The molecule has 1 aliphatic rings. The van der Waals surface area contributed by atoms with Gasteiger partial charge >= 0.3 is 0 Å². The van der Waals surface area contributed by atoms with Crippen LogP contribution in [0.1, 0.15) is 42.6 Å². The van der Waals surface area contributed by atoms with Gasteiger partial charge in [-0.3, -0.25) is 4.79 Å². The molecule has 0 N–H and O–H groups in total. The molecule has 0 fully saturated rings. The topological polar surface area (TPSA) is 35.5 Å². The number of hydrogen-bond acceptors (Lipinski definition) is 3. The van der Waals surface area contributed by atoms with E-state index in [2.05, 4.69) is 13.8 Å². The van der Waals surface area contributed by atoms with Gasteiger partial charge in [0.2, 0.25) is 0 Å². The fraction of sp³-hybridized carbons (Fsp3) is 0.500. The van der Waals surface area contributed by atoms with E-state index in [0.29, 0.717) is 17.9 Å². The summed E-state index contributed by atoms with van der Waals surface area (Å²) >= 11 is 0. The first kappa shape index (κ1) is 12.0. The van der Waals surface area contributed by atoms with Crippen molar-refractivity contribution in [2.75, 3.05) is 14.2 Å². The second-order valence-electron chi connectivity index (χ2n) is 5.06. The molecule has 0 amide bonds. The lowest BCUT2D eigenvalue weighted by Gasteiger charge is -2.32. The smallest absolute Gasteiger partial charge is 0.163 e. The molecular weight excluding hydrogens is 216 g/mol. The van der Waals surface area contributed by atoms with E-state index in [4.69, 9.17) is 9.47 Å². The molecule has 0 unspecified atom stereocenters. The maximum Gasteiger partial charge on any atom is 0.163 e. The molecule has 0 radical (unpaired) electrons. The third kappa shape index (κ3) is 1.90. The van der Waals surface area contributed by atoms with Crippen molar-refractivity contribution in [1.82, 2.24) is 0 Å². The second-order valence-corrected chi connectivity index (χ2v) is 5.06. The van der Waals surface area contributed by atoms with Gasteiger partial charge in [-0.2, -0.15) is 0 Å². The quantitative estimate of drug-likeness (QED) is 0.789. The van der Waals surface area contributed by atoms with Crippen molar-refractivity contribution >= 4 is 5.78 Å². The number of Topliss-reactive ketones (excluding diaryl/α,β-unsaturated/α-hetero) is 1. The highest BCUT2D eigenvalue weighted by molar-refractivity contribution is 5.99. The molecule has 0 atom stereocenters. The molecule has 0 saturated carbocycles. The maximum absolute atomic E-state index is 11.9.